The summed E-state index contributed by atoms with van der Waals surface area (Å²) in [5, 5.41) is 8.02. The van der Waals surface area contributed by atoms with Gasteiger partial charge in [0.1, 0.15) is 5.75 Å². The average Bonchev–Trinajstić information content (AvgIpc) is 2.91. The van der Waals surface area contributed by atoms with Crippen LogP contribution in [0.25, 0.3) is 10.8 Å². The van der Waals surface area contributed by atoms with Crippen LogP contribution in [-0.2, 0) is 23.0 Å². The van der Waals surface area contributed by atoms with Crippen LogP contribution in [0.3, 0.4) is 0 Å². The molecule has 8 heteroatoms. The van der Waals surface area contributed by atoms with Crippen molar-refractivity contribution in [3.8, 4) is 5.75 Å². The normalized spacial score (nSPS) is 13.2. The van der Waals surface area contributed by atoms with E-state index < -0.39 is 10.0 Å². The minimum Gasteiger partial charge on any atom is -0.497 e. The van der Waals surface area contributed by atoms with E-state index in [-0.39, 0.29) is 10.9 Å². The molecule has 0 aliphatic carbocycles. The van der Waals surface area contributed by atoms with E-state index in [0.717, 1.165) is 28.3 Å². The molecule has 1 heterocycles. The monoisotopic (exact) mass is 501 g/mol. The van der Waals surface area contributed by atoms with Crippen LogP contribution in [0.4, 0.5) is 16.2 Å². The second-order valence-electron chi connectivity index (χ2n) is 8.65. The van der Waals surface area contributed by atoms with Gasteiger partial charge in [0.05, 0.1) is 17.7 Å². The molecule has 1 aliphatic rings. The summed E-state index contributed by atoms with van der Waals surface area (Å²) in [6.45, 7) is 0.797. The van der Waals surface area contributed by atoms with Gasteiger partial charge in [-0.3, -0.25) is 4.31 Å². The zero-order chi connectivity index (χ0) is 25.1. The van der Waals surface area contributed by atoms with Crippen molar-refractivity contribution in [2.24, 2.45) is 0 Å². The third-order valence-electron chi connectivity index (χ3n) is 6.38. The van der Waals surface area contributed by atoms with Gasteiger partial charge in [0.2, 0.25) is 0 Å². The molecule has 2 amide bonds. The van der Waals surface area contributed by atoms with E-state index in [1.807, 2.05) is 48.5 Å². The molecular weight excluding hydrogens is 474 g/mol. The lowest BCUT2D eigenvalue weighted by atomic mass is 10.0. The van der Waals surface area contributed by atoms with E-state index in [4.69, 9.17) is 4.74 Å². The fourth-order valence-electron chi connectivity index (χ4n) is 4.56. The Morgan fingerprint density at radius 2 is 1.75 bits per heavy atom. The first-order valence-electron chi connectivity index (χ1n) is 11.8. The van der Waals surface area contributed by atoms with Gasteiger partial charge in [-0.2, -0.15) is 0 Å². The number of benzene rings is 4. The molecule has 0 spiro atoms. The van der Waals surface area contributed by atoms with Gasteiger partial charge in [0.25, 0.3) is 10.0 Å². The maximum Gasteiger partial charge on any atom is 0.319 e. The topological polar surface area (TPSA) is 87.7 Å². The molecule has 184 valence electrons. The molecular formula is C28H27N3O4S. The van der Waals surface area contributed by atoms with E-state index in [1.54, 1.807) is 43.5 Å². The van der Waals surface area contributed by atoms with Gasteiger partial charge in [-0.25, -0.2) is 13.2 Å². The molecule has 0 bridgehead atoms. The number of rotatable bonds is 6. The van der Waals surface area contributed by atoms with Gasteiger partial charge >= 0.3 is 6.03 Å². The van der Waals surface area contributed by atoms with E-state index in [0.29, 0.717) is 36.6 Å². The number of nitrogens with zero attached hydrogens (tertiary/aromatic N) is 1. The highest BCUT2D eigenvalue weighted by Gasteiger charge is 2.29. The molecule has 7 nitrogen and oxygen atoms in total. The Kier molecular flexibility index (Phi) is 6.52. The number of carbonyl (C=O) groups is 1. The number of amides is 2. The van der Waals surface area contributed by atoms with Gasteiger partial charge in [-0.05, 0) is 77.2 Å². The molecule has 5 rings (SSSR count). The number of anilines is 2. The van der Waals surface area contributed by atoms with E-state index >= 15 is 0 Å². The lowest BCUT2D eigenvalue weighted by molar-refractivity contribution is 0.252. The summed E-state index contributed by atoms with van der Waals surface area (Å²) in [7, 11) is -2.17. The summed E-state index contributed by atoms with van der Waals surface area (Å²) in [6, 6.07) is 25.5. The largest absolute Gasteiger partial charge is 0.497 e. The number of sulfonamides is 1. The Bertz CT molecular complexity index is 1510. The van der Waals surface area contributed by atoms with Gasteiger partial charge in [0, 0.05) is 18.8 Å². The number of carbonyl (C=O) groups excluding carboxylic acids is 1. The van der Waals surface area contributed by atoms with Crippen LogP contribution in [0.2, 0.25) is 0 Å². The van der Waals surface area contributed by atoms with Crippen molar-refractivity contribution in [2.45, 2.75) is 24.3 Å². The van der Waals surface area contributed by atoms with E-state index in [9.17, 15) is 13.2 Å². The summed E-state index contributed by atoms with van der Waals surface area (Å²) in [4.78, 5) is 12.8. The van der Waals surface area contributed by atoms with Crippen molar-refractivity contribution >= 4 is 38.2 Å². The van der Waals surface area contributed by atoms with Crippen LogP contribution in [0, 0.1) is 0 Å². The second kappa shape index (κ2) is 9.91. The quantitative estimate of drug-likeness (QED) is 0.375. The van der Waals surface area contributed by atoms with Crippen molar-refractivity contribution in [1.82, 2.24) is 5.32 Å². The molecule has 1 aliphatic heterocycles. The number of urea groups is 1. The number of aryl methyl sites for hydroxylation is 1. The number of methoxy groups -OCH3 is 1. The molecule has 0 saturated heterocycles. The summed E-state index contributed by atoms with van der Waals surface area (Å²) in [5.74, 6) is 0.599. The summed E-state index contributed by atoms with van der Waals surface area (Å²) in [5.41, 5.74) is 3.17. The SMILES string of the molecule is COc1ccc(S(=O)(=O)N2CCCc3cc(NC(=O)NCc4cccc5ccccc45)ccc32)cc1. The first-order chi connectivity index (χ1) is 17.5. The standard InChI is InChI=1S/C28H27N3O4S/c1-35-24-12-14-25(15-13-24)36(33,34)31-17-5-9-21-18-23(11-16-27(21)31)30-28(32)29-19-22-8-4-7-20-6-2-3-10-26(20)22/h2-4,6-8,10-16,18H,5,9,17,19H2,1H3,(H2,29,30,32). The predicted molar refractivity (Wildman–Crippen MR) is 142 cm³/mol. The van der Waals surface area contributed by atoms with Crippen LogP contribution in [0.15, 0.2) is 89.8 Å². The van der Waals surface area contributed by atoms with Crippen molar-refractivity contribution in [3.05, 3.63) is 96.1 Å². The third-order valence-corrected chi connectivity index (χ3v) is 8.21. The van der Waals surface area contributed by atoms with E-state index in [2.05, 4.69) is 10.6 Å². The lowest BCUT2D eigenvalue weighted by Gasteiger charge is -2.31. The predicted octanol–water partition coefficient (Wildman–Crippen LogP) is 5.31. The Labute approximate surface area is 210 Å². The Morgan fingerprint density at radius 3 is 2.56 bits per heavy atom. The van der Waals surface area contributed by atoms with Crippen LogP contribution >= 0.6 is 0 Å². The van der Waals surface area contributed by atoms with E-state index in [1.165, 1.54) is 4.31 Å². The minimum absolute atomic E-state index is 0.214. The minimum atomic E-state index is -3.72. The highest BCUT2D eigenvalue weighted by atomic mass is 32.2. The van der Waals surface area contributed by atoms with Gasteiger partial charge in [-0.1, -0.05) is 42.5 Å². The summed E-state index contributed by atoms with van der Waals surface area (Å²) in [6.07, 6.45) is 1.43. The maximum atomic E-state index is 13.3. The van der Waals surface area contributed by atoms with Crippen LogP contribution < -0.4 is 19.7 Å². The van der Waals surface area contributed by atoms with Gasteiger partial charge in [-0.15, -0.1) is 0 Å². The maximum absolute atomic E-state index is 13.3. The highest BCUT2D eigenvalue weighted by Crippen LogP contribution is 2.34. The number of ether oxygens (including phenoxy) is 1. The first-order valence-corrected chi connectivity index (χ1v) is 13.2. The molecule has 0 atom stereocenters. The second-order valence-corrected chi connectivity index (χ2v) is 10.5. The lowest BCUT2D eigenvalue weighted by Crippen LogP contribution is -2.35. The summed E-state index contributed by atoms with van der Waals surface area (Å²) < 4.78 is 33.2. The number of nitrogens with one attached hydrogen (secondary N) is 2. The third kappa shape index (κ3) is 4.72. The molecule has 0 aromatic heterocycles. The zero-order valence-electron chi connectivity index (χ0n) is 19.9. The summed E-state index contributed by atoms with van der Waals surface area (Å²) >= 11 is 0. The molecule has 0 fully saturated rings. The number of hydrogen-bond donors (Lipinski definition) is 2. The van der Waals surface area contributed by atoms with Crippen LogP contribution in [-0.4, -0.2) is 28.1 Å². The van der Waals surface area contributed by atoms with Crippen LogP contribution in [0.1, 0.15) is 17.5 Å². The molecule has 2 N–H and O–H groups in total. The number of hydrogen-bond acceptors (Lipinski definition) is 4. The molecule has 4 aromatic carbocycles. The van der Waals surface area contributed by atoms with Crippen LogP contribution in [0.5, 0.6) is 5.75 Å². The molecule has 4 aromatic rings. The number of fused-ring (bicyclic) bond motifs is 2. The zero-order valence-corrected chi connectivity index (χ0v) is 20.7. The fraction of sp³-hybridized carbons (Fsp3) is 0.179. The van der Waals surface area contributed by atoms with Gasteiger partial charge in [0.15, 0.2) is 0 Å². The smallest absolute Gasteiger partial charge is 0.319 e. The molecule has 0 radical (unpaired) electrons. The van der Waals surface area contributed by atoms with Crippen molar-refractivity contribution in [2.75, 3.05) is 23.3 Å². The fourth-order valence-corrected chi connectivity index (χ4v) is 6.10. The Hall–Kier alpha value is -4.04. The van der Waals surface area contributed by atoms with Crippen molar-refractivity contribution < 1.29 is 17.9 Å². The molecule has 36 heavy (non-hydrogen) atoms. The molecule has 0 saturated carbocycles. The average molecular weight is 502 g/mol. The van der Waals surface area contributed by atoms with Gasteiger partial charge < -0.3 is 15.4 Å². The highest BCUT2D eigenvalue weighted by molar-refractivity contribution is 7.92. The van der Waals surface area contributed by atoms with Crippen molar-refractivity contribution in [1.29, 1.82) is 0 Å². The Balaban J connectivity index is 1.30. The first kappa shape index (κ1) is 23.7. The molecule has 0 unspecified atom stereocenters. The Morgan fingerprint density at radius 1 is 0.972 bits per heavy atom. The van der Waals surface area contributed by atoms with Crippen molar-refractivity contribution in [3.63, 3.8) is 0 Å².